The Balaban J connectivity index is 3.03. The van der Waals surface area contributed by atoms with Crippen LogP contribution in [0.15, 0.2) is 6.07 Å². The van der Waals surface area contributed by atoms with Gasteiger partial charge in [0.25, 0.3) is 0 Å². The number of aryl methyl sites for hydroxylation is 1. The summed E-state index contributed by atoms with van der Waals surface area (Å²) in [5, 5.41) is 0. The number of hydrogen-bond acceptors (Lipinski definition) is 4. The molecule has 0 N–H and O–H groups in total. The van der Waals surface area contributed by atoms with Crippen LogP contribution in [0.2, 0.25) is 0 Å². The van der Waals surface area contributed by atoms with Crippen molar-refractivity contribution in [2.24, 2.45) is 0 Å². The molecule has 0 radical (unpaired) electrons. The van der Waals surface area contributed by atoms with Gasteiger partial charge in [-0.2, -0.15) is 0 Å². The first-order valence-electron chi connectivity index (χ1n) is 5.07. The van der Waals surface area contributed by atoms with Crippen molar-refractivity contribution in [1.82, 2.24) is 9.97 Å². The molecule has 1 rings (SSSR count). The van der Waals surface area contributed by atoms with E-state index in [1.807, 2.05) is 26.8 Å². The van der Waals surface area contributed by atoms with Crippen molar-refractivity contribution in [3.8, 4) is 0 Å². The SMILES string of the molecule is CCOC(=O)c1nc(C)cc(C(C)C)n1. The fourth-order valence-electron chi connectivity index (χ4n) is 1.18. The van der Waals surface area contributed by atoms with Crippen molar-refractivity contribution in [1.29, 1.82) is 0 Å². The lowest BCUT2D eigenvalue weighted by Gasteiger charge is -2.07. The van der Waals surface area contributed by atoms with Gasteiger partial charge in [0.05, 0.1) is 6.61 Å². The van der Waals surface area contributed by atoms with Crippen molar-refractivity contribution in [3.63, 3.8) is 0 Å². The molecule has 0 aliphatic heterocycles. The molecule has 0 amide bonds. The van der Waals surface area contributed by atoms with Crippen molar-refractivity contribution in [3.05, 3.63) is 23.3 Å². The zero-order valence-electron chi connectivity index (χ0n) is 9.57. The highest BCUT2D eigenvalue weighted by molar-refractivity contribution is 5.85. The molecule has 0 aliphatic rings. The van der Waals surface area contributed by atoms with Crippen LogP contribution in [0.25, 0.3) is 0 Å². The first-order chi connectivity index (χ1) is 7.04. The van der Waals surface area contributed by atoms with Gasteiger partial charge in [0.15, 0.2) is 0 Å². The molecule has 0 spiro atoms. The van der Waals surface area contributed by atoms with Gasteiger partial charge < -0.3 is 4.74 Å². The summed E-state index contributed by atoms with van der Waals surface area (Å²) in [6, 6.07) is 1.88. The second-order valence-electron chi connectivity index (χ2n) is 3.63. The highest BCUT2D eigenvalue weighted by Gasteiger charge is 2.13. The lowest BCUT2D eigenvalue weighted by atomic mass is 10.1. The standard InChI is InChI=1S/C11H16N2O2/c1-5-15-11(14)10-12-8(4)6-9(13-10)7(2)3/h6-7H,5H2,1-4H3. The summed E-state index contributed by atoms with van der Waals surface area (Å²) in [4.78, 5) is 19.6. The molecule has 15 heavy (non-hydrogen) atoms. The minimum Gasteiger partial charge on any atom is -0.460 e. The second kappa shape index (κ2) is 4.87. The minimum absolute atomic E-state index is 0.153. The van der Waals surface area contributed by atoms with E-state index in [0.29, 0.717) is 6.61 Å². The number of aromatic nitrogens is 2. The van der Waals surface area contributed by atoms with Gasteiger partial charge in [-0.3, -0.25) is 0 Å². The average molecular weight is 208 g/mol. The number of nitrogens with zero attached hydrogens (tertiary/aromatic N) is 2. The summed E-state index contributed by atoms with van der Waals surface area (Å²) in [5.74, 6) is -0.0245. The summed E-state index contributed by atoms with van der Waals surface area (Å²) >= 11 is 0. The van der Waals surface area contributed by atoms with Gasteiger partial charge in [-0.15, -0.1) is 0 Å². The molecule has 0 atom stereocenters. The monoisotopic (exact) mass is 208 g/mol. The van der Waals surface area contributed by atoms with Crippen LogP contribution < -0.4 is 0 Å². The summed E-state index contributed by atoms with van der Waals surface area (Å²) in [6.45, 7) is 7.99. The summed E-state index contributed by atoms with van der Waals surface area (Å²) < 4.78 is 4.85. The Morgan fingerprint density at radius 3 is 2.67 bits per heavy atom. The third-order valence-electron chi connectivity index (χ3n) is 1.92. The van der Waals surface area contributed by atoms with E-state index < -0.39 is 5.97 Å². The van der Waals surface area contributed by atoms with E-state index >= 15 is 0 Å². The van der Waals surface area contributed by atoms with Gasteiger partial charge in [0.1, 0.15) is 0 Å². The molecule has 0 bridgehead atoms. The zero-order valence-corrected chi connectivity index (χ0v) is 9.57. The predicted molar refractivity (Wildman–Crippen MR) is 56.8 cm³/mol. The molecule has 0 saturated heterocycles. The minimum atomic E-state index is -0.455. The summed E-state index contributed by atoms with van der Waals surface area (Å²) in [7, 11) is 0. The smallest absolute Gasteiger partial charge is 0.376 e. The summed E-state index contributed by atoms with van der Waals surface area (Å²) in [6.07, 6.45) is 0. The van der Waals surface area contributed by atoms with E-state index in [-0.39, 0.29) is 11.7 Å². The molecule has 4 heteroatoms. The Morgan fingerprint density at radius 2 is 2.13 bits per heavy atom. The molecular formula is C11H16N2O2. The lowest BCUT2D eigenvalue weighted by Crippen LogP contribution is -2.12. The van der Waals surface area contributed by atoms with E-state index in [0.717, 1.165) is 11.4 Å². The van der Waals surface area contributed by atoms with Gasteiger partial charge >= 0.3 is 5.97 Å². The molecule has 82 valence electrons. The van der Waals surface area contributed by atoms with E-state index in [9.17, 15) is 4.79 Å². The molecule has 0 aliphatic carbocycles. The number of hydrogen-bond donors (Lipinski definition) is 0. The van der Waals surface area contributed by atoms with Crippen LogP contribution in [-0.4, -0.2) is 22.5 Å². The van der Waals surface area contributed by atoms with E-state index in [4.69, 9.17) is 4.74 Å². The molecular weight excluding hydrogens is 192 g/mol. The third-order valence-corrected chi connectivity index (χ3v) is 1.92. The van der Waals surface area contributed by atoms with Crippen molar-refractivity contribution >= 4 is 5.97 Å². The van der Waals surface area contributed by atoms with E-state index in [1.165, 1.54) is 0 Å². The Hall–Kier alpha value is -1.45. The third kappa shape index (κ3) is 3.01. The largest absolute Gasteiger partial charge is 0.460 e. The molecule has 0 saturated carbocycles. The maximum atomic E-state index is 11.4. The van der Waals surface area contributed by atoms with Crippen molar-refractivity contribution in [2.75, 3.05) is 6.61 Å². The Labute approximate surface area is 89.7 Å². The van der Waals surface area contributed by atoms with Crippen LogP contribution in [0, 0.1) is 6.92 Å². The van der Waals surface area contributed by atoms with Gasteiger partial charge in [-0.1, -0.05) is 13.8 Å². The lowest BCUT2D eigenvalue weighted by molar-refractivity contribution is 0.0511. The fourth-order valence-corrected chi connectivity index (χ4v) is 1.18. The quantitative estimate of drug-likeness (QED) is 0.714. The highest BCUT2D eigenvalue weighted by atomic mass is 16.5. The Kier molecular flexibility index (Phi) is 3.77. The van der Waals surface area contributed by atoms with E-state index in [1.54, 1.807) is 6.92 Å². The predicted octanol–water partition coefficient (Wildman–Crippen LogP) is 2.09. The molecule has 4 nitrogen and oxygen atoms in total. The normalized spacial score (nSPS) is 10.5. The Morgan fingerprint density at radius 1 is 1.47 bits per heavy atom. The molecule has 0 fully saturated rings. The number of ether oxygens (including phenoxy) is 1. The molecule has 1 heterocycles. The maximum Gasteiger partial charge on any atom is 0.376 e. The van der Waals surface area contributed by atoms with Gasteiger partial charge in [0.2, 0.25) is 5.82 Å². The first-order valence-corrected chi connectivity index (χ1v) is 5.07. The average Bonchev–Trinajstić information content (AvgIpc) is 2.17. The van der Waals surface area contributed by atoms with Crippen LogP contribution in [0.1, 0.15) is 48.7 Å². The van der Waals surface area contributed by atoms with Crippen LogP contribution in [0.3, 0.4) is 0 Å². The van der Waals surface area contributed by atoms with Crippen LogP contribution in [0.4, 0.5) is 0 Å². The molecule has 1 aromatic heterocycles. The second-order valence-corrected chi connectivity index (χ2v) is 3.63. The molecule has 0 unspecified atom stereocenters. The van der Waals surface area contributed by atoms with Crippen molar-refractivity contribution < 1.29 is 9.53 Å². The van der Waals surface area contributed by atoms with Crippen molar-refractivity contribution in [2.45, 2.75) is 33.6 Å². The van der Waals surface area contributed by atoms with Gasteiger partial charge in [-0.25, -0.2) is 14.8 Å². The van der Waals surface area contributed by atoms with E-state index in [2.05, 4.69) is 9.97 Å². The number of carbonyl (C=O) groups is 1. The summed E-state index contributed by atoms with van der Waals surface area (Å²) in [5.41, 5.74) is 1.65. The van der Waals surface area contributed by atoms with Crippen LogP contribution >= 0.6 is 0 Å². The highest BCUT2D eigenvalue weighted by Crippen LogP contribution is 2.12. The number of carbonyl (C=O) groups excluding carboxylic acids is 1. The first kappa shape index (κ1) is 11.6. The maximum absolute atomic E-state index is 11.4. The fraction of sp³-hybridized carbons (Fsp3) is 0.545. The zero-order chi connectivity index (χ0) is 11.4. The molecule has 1 aromatic rings. The number of rotatable bonds is 3. The van der Waals surface area contributed by atoms with Gasteiger partial charge in [-0.05, 0) is 25.8 Å². The molecule has 0 aromatic carbocycles. The Bertz CT molecular complexity index is 362. The van der Waals surface area contributed by atoms with Crippen LogP contribution in [-0.2, 0) is 4.74 Å². The van der Waals surface area contributed by atoms with Gasteiger partial charge in [0, 0.05) is 11.4 Å². The topological polar surface area (TPSA) is 52.1 Å². The number of esters is 1. The van der Waals surface area contributed by atoms with Crippen LogP contribution in [0.5, 0.6) is 0 Å².